The first kappa shape index (κ1) is 16.6. The van der Waals surface area contributed by atoms with Gasteiger partial charge in [0.1, 0.15) is 0 Å². The number of aromatic amines is 1. The Balaban J connectivity index is 0. The molecular weight excluding hydrogens is 310 g/mol. The van der Waals surface area contributed by atoms with Crippen molar-refractivity contribution >= 4 is 34.0 Å². The fraction of sp³-hybridized carbons (Fsp3) is 0.667. The van der Waals surface area contributed by atoms with Crippen LogP contribution in [0.2, 0.25) is 0 Å². The van der Waals surface area contributed by atoms with Crippen molar-refractivity contribution in [2.24, 2.45) is 5.73 Å². The van der Waals surface area contributed by atoms with E-state index in [0.29, 0.717) is 0 Å². The van der Waals surface area contributed by atoms with E-state index in [-0.39, 0.29) is 34.0 Å². The van der Waals surface area contributed by atoms with Crippen LogP contribution in [0.25, 0.3) is 0 Å². The normalized spacial score (nSPS) is 8.93. The molecule has 1 rings (SSSR count). The van der Waals surface area contributed by atoms with Crippen molar-refractivity contribution in [1.29, 1.82) is 0 Å². The summed E-state index contributed by atoms with van der Waals surface area (Å²) in [5, 5.41) is 0. The second kappa shape index (κ2) is 11.2. The van der Waals surface area contributed by atoms with Crippen molar-refractivity contribution in [3.05, 3.63) is 18.2 Å². The highest BCUT2D eigenvalue weighted by atomic mass is 79.9. The smallest absolute Gasteiger partial charge is 0.0921 e. The van der Waals surface area contributed by atoms with Crippen molar-refractivity contribution in [2.45, 2.75) is 32.1 Å². The molecule has 0 atom stereocenters. The van der Waals surface area contributed by atoms with Gasteiger partial charge in [-0.25, -0.2) is 4.98 Å². The summed E-state index contributed by atoms with van der Waals surface area (Å²) in [5.74, 6) is 0. The number of imidazole rings is 1. The minimum absolute atomic E-state index is 0. The Morgan fingerprint density at radius 1 is 1.14 bits per heavy atom. The van der Waals surface area contributed by atoms with Crippen LogP contribution in [0.15, 0.2) is 12.5 Å². The second-order valence-electron chi connectivity index (χ2n) is 3.03. The molecule has 0 bridgehead atoms. The van der Waals surface area contributed by atoms with Crippen molar-refractivity contribution < 1.29 is 0 Å². The SMILES string of the molecule is Br.Br.NCCCCCCc1cnc[nH]1. The fourth-order valence-electron chi connectivity index (χ4n) is 1.23. The number of rotatable bonds is 6. The van der Waals surface area contributed by atoms with E-state index in [1.54, 1.807) is 6.33 Å². The average Bonchev–Trinajstić information content (AvgIpc) is 2.57. The van der Waals surface area contributed by atoms with Crippen LogP contribution < -0.4 is 5.73 Å². The van der Waals surface area contributed by atoms with Crippen LogP contribution in [0, 0.1) is 0 Å². The number of aromatic nitrogens is 2. The molecule has 0 amide bonds. The molecule has 0 saturated heterocycles. The van der Waals surface area contributed by atoms with E-state index in [2.05, 4.69) is 9.97 Å². The summed E-state index contributed by atoms with van der Waals surface area (Å²) in [6.45, 7) is 0.823. The van der Waals surface area contributed by atoms with Crippen molar-refractivity contribution in [1.82, 2.24) is 9.97 Å². The molecule has 5 heteroatoms. The highest BCUT2D eigenvalue weighted by Gasteiger charge is 1.93. The molecule has 0 unspecified atom stereocenters. The highest BCUT2D eigenvalue weighted by Crippen LogP contribution is 2.03. The molecule has 84 valence electrons. The zero-order chi connectivity index (χ0) is 8.65. The number of nitrogens with one attached hydrogen (secondary N) is 1. The maximum Gasteiger partial charge on any atom is 0.0921 e. The zero-order valence-corrected chi connectivity index (χ0v) is 11.7. The summed E-state index contributed by atoms with van der Waals surface area (Å²) >= 11 is 0. The van der Waals surface area contributed by atoms with Crippen LogP contribution in [0.5, 0.6) is 0 Å². The first-order chi connectivity index (χ1) is 5.93. The summed E-state index contributed by atoms with van der Waals surface area (Å²) < 4.78 is 0. The molecule has 1 heterocycles. The number of unbranched alkanes of at least 4 members (excludes halogenated alkanes) is 3. The number of hydrogen-bond acceptors (Lipinski definition) is 2. The van der Waals surface area contributed by atoms with Gasteiger partial charge in [-0.3, -0.25) is 0 Å². The number of H-pyrrole nitrogens is 1. The molecule has 3 N–H and O–H groups in total. The molecule has 14 heavy (non-hydrogen) atoms. The molecule has 0 aliphatic heterocycles. The van der Waals surface area contributed by atoms with Gasteiger partial charge in [0.25, 0.3) is 0 Å². The molecule has 0 aliphatic rings. The van der Waals surface area contributed by atoms with E-state index in [1.807, 2.05) is 6.20 Å². The summed E-state index contributed by atoms with van der Waals surface area (Å²) in [7, 11) is 0. The Hall–Kier alpha value is 0.130. The molecule has 0 saturated carbocycles. The Labute approximate surface area is 106 Å². The fourth-order valence-corrected chi connectivity index (χ4v) is 1.23. The zero-order valence-electron chi connectivity index (χ0n) is 8.24. The monoisotopic (exact) mass is 327 g/mol. The maximum atomic E-state index is 5.39. The van der Waals surface area contributed by atoms with E-state index in [1.165, 1.54) is 25.0 Å². The second-order valence-corrected chi connectivity index (χ2v) is 3.03. The van der Waals surface area contributed by atoms with Crippen molar-refractivity contribution in [3.63, 3.8) is 0 Å². The topological polar surface area (TPSA) is 54.7 Å². The number of hydrogen-bond donors (Lipinski definition) is 2. The third-order valence-electron chi connectivity index (χ3n) is 1.96. The summed E-state index contributed by atoms with van der Waals surface area (Å²) in [6.07, 6.45) is 9.66. The molecule has 1 aromatic rings. The van der Waals surface area contributed by atoms with Gasteiger partial charge in [-0.05, 0) is 25.8 Å². The lowest BCUT2D eigenvalue weighted by molar-refractivity contribution is 0.643. The van der Waals surface area contributed by atoms with E-state index in [9.17, 15) is 0 Å². The molecule has 0 radical (unpaired) electrons. The van der Waals surface area contributed by atoms with E-state index in [4.69, 9.17) is 5.73 Å². The number of aryl methyl sites for hydroxylation is 1. The van der Waals surface area contributed by atoms with Crippen LogP contribution in [0.4, 0.5) is 0 Å². The van der Waals surface area contributed by atoms with E-state index in [0.717, 1.165) is 19.4 Å². The summed E-state index contributed by atoms with van der Waals surface area (Å²) in [5.41, 5.74) is 6.63. The average molecular weight is 329 g/mol. The van der Waals surface area contributed by atoms with Gasteiger partial charge in [-0.1, -0.05) is 12.8 Å². The summed E-state index contributed by atoms with van der Waals surface area (Å²) in [4.78, 5) is 7.05. The quantitative estimate of drug-likeness (QED) is 0.789. The van der Waals surface area contributed by atoms with Gasteiger partial charge in [0, 0.05) is 11.9 Å². The van der Waals surface area contributed by atoms with E-state index >= 15 is 0 Å². The summed E-state index contributed by atoms with van der Waals surface area (Å²) in [6, 6.07) is 0. The Morgan fingerprint density at radius 2 is 1.86 bits per heavy atom. The lowest BCUT2D eigenvalue weighted by Crippen LogP contribution is -1.97. The molecular formula is C9H19Br2N3. The Morgan fingerprint density at radius 3 is 2.43 bits per heavy atom. The number of halogens is 2. The van der Waals surface area contributed by atoms with Gasteiger partial charge >= 0.3 is 0 Å². The predicted octanol–water partition coefficient (Wildman–Crippen LogP) is 2.63. The van der Waals surface area contributed by atoms with Crippen LogP contribution in [0.1, 0.15) is 31.4 Å². The van der Waals surface area contributed by atoms with Gasteiger partial charge in [0.15, 0.2) is 0 Å². The van der Waals surface area contributed by atoms with E-state index < -0.39 is 0 Å². The first-order valence-electron chi connectivity index (χ1n) is 4.61. The van der Waals surface area contributed by atoms with Gasteiger partial charge in [-0.15, -0.1) is 34.0 Å². The highest BCUT2D eigenvalue weighted by molar-refractivity contribution is 8.93. The maximum absolute atomic E-state index is 5.39. The van der Waals surface area contributed by atoms with Crippen LogP contribution in [0.3, 0.4) is 0 Å². The first-order valence-corrected chi connectivity index (χ1v) is 4.61. The predicted molar refractivity (Wildman–Crippen MR) is 70.5 cm³/mol. The van der Waals surface area contributed by atoms with Crippen LogP contribution in [-0.4, -0.2) is 16.5 Å². The lowest BCUT2D eigenvalue weighted by Gasteiger charge is -1.97. The molecule has 1 aromatic heterocycles. The van der Waals surface area contributed by atoms with Gasteiger partial charge in [0.2, 0.25) is 0 Å². The van der Waals surface area contributed by atoms with Gasteiger partial charge < -0.3 is 10.7 Å². The largest absolute Gasteiger partial charge is 0.348 e. The standard InChI is InChI=1S/C9H17N3.2BrH/c10-6-4-2-1-3-5-9-7-11-8-12-9;;/h7-8H,1-6,10H2,(H,11,12);2*1H. The molecule has 3 nitrogen and oxygen atoms in total. The molecule has 0 spiro atoms. The minimum Gasteiger partial charge on any atom is -0.348 e. The number of nitrogens with zero attached hydrogens (tertiary/aromatic N) is 1. The van der Waals surface area contributed by atoms with Crippen molar-refractivity contribution in [2.75, 3.05) is 6.54 Å². The third-order valence-corrected chi connectivity index (χ3v) is 1.96. The van der Waals surface area contributed by atoms with Crippen molar-refractivity contribution in [3.8, 4) is 0 Å². The Bertz CT molecular complexity index is 190. The van der Waals surface area contributed by atoms with Gasteiger partial charge in [0.05, 0.1) is 6.33 Å². The third kappa shape index (κ3) is 7.53. The number of nitrogens with two attached hydrogens (primary N) is 1. The Kier molecular flexibility index (Phi) is 13.3. The van der Waals surface area contributed by atoms with Crippen LogP contribution >= 0.6 is 34.0 Å². The minimum atomic E-state index is 0. The van der Waals surface area contributed by atoms with Crippen LogP contribution in [-0.2, 0) is 6.42 Å². The molecule has 0 aliphatic carbocycles. The van der Waals surface area contributed by atoms with Gasteiger partial charge in [-0.2, -0.15) is 0 Å². The molecule has 0 fully saturated rings. The lowest BCUT2D eigenvalue weighted by atomic mass is 10.1. The molecule has 0 aromatic carbocycles.